The lowest BCUT2D eigenvalue weighted by Crippen LogP contribution is -1.97. The van der Waals surface area contributed by atoms with Crippen molar-refractivity contribution < 1.29 is 4.74 Å². The van der Waals surface area contributed by atoms with Crippen LogP contribution in [0.1, 0.15) is 26.2 Å². The summed E-state index contributed by atoms with van der Waals surface area (Å²) >= 11 is 0. The molecule has 2 heteroatoms. The summed E-state index contributed by atoms with van der Waals surface area (Å²) in [4.78, 5) is 4.49. The van der Waals surface area contributed by atoms with E-state index >= 15 is 0 Å². The number of rotatable bonds is 3. The maximum atomic E-state index is 5.39. The van der Waals surface area contributed by atoms with Gasteiger partial charge in [-0.3, -0.25) is 4.99 Å². The van der Waals surface area contributed by atoms with Crippen LogP contribution in [-0.4, -0.2) is 24.5 Å². The third kappa shape index (κ3) is 1.37. The van der Waals surface area contributed by atoms with Crippen molar-refractivity contribution in [2.24, 2.45) is 4.99 Å². The molecule has 10 heavy (non-hydrogen) atoms. The Hall–Kier alpha value is -0.370. The third-order valence-corrected chi connectivity index (χ3v) is 1.90. The minimum Gasteiger partial charge on any atom is -0.376 e. The first-order valence-corrected chi connectivity index (χ1v) is 4.07. The standard InChI is InChI=1S/C8H13NO/c1-2-10-8-5-7(8)9-6-3-4-6/h7-8H,2-5H2,1H3. The molecule has 2 nitrogen and oxygen atoms in total. The molecule has 2 rings (SSSR count). The Morgan fingerprint density at radius 1 is 1.60 bits per heavy atom. The van der Waals surface area contributed by atoms with E-state index in [0.29, 0.717) is 12.1 Å². The molecule has 2 atom stereocenters. The lowest BCUT2D eigenvalue weighted by molar-refractivity contribution is 0.129. The Kier molecular flexibility index (Phi) is 1.49. The molecule has 0 aromatic carbocycles. The molecule has 0 aromatic rings. The van der Waals surface area contributed by atoms with Gasteiger partial charge in [0.15, 0.2) is 0 Å². The summed E-state index contributed by atoms with van der Waals surface area (Å²) in [6.07, 6.45) is 4.13. The normalized spacial score (nSPS) is 35.9. The van der Waals surface area contributed by atoms with Gasteiger partial charge < -0.3 is 4.74 Å². The third-order valence-electron chi connectivity index (χ3n) is 1.90. The molecule has 2 saturated carbocycles. The fraction of sp³-hybridized carbons (Fsp3) is 0.875. The van der Waals surface area contributed by atoms with Crippen molar-refractivity contribution in [3.8, 4) is 0 Å². The average Bonchev–Trinajstić information content (AvgIpc) is 2.74. The van der Waals surface area contributed by atoms with E-state index in [1.54, 1.807) is 0 Å². The summed E-state index contributed by atoms with van der Waals surface area (Å²) in [5.41, 5.74) is 1.41. The van der Waals surface area contributed by atoms with Gasteiger partial charge in [-0.1, -0.05) is 0 Å². The molecular formula is C8H13NO. The summed E-state index contributed by atoms with van der Waals surface area (Å²) in [6, 6.07) is 0.539. The second-order valence-electron chi connectivity index (χ2n) is 2.99. The van der Waals surface area contributed by atoms with Gasteiger partial charge in [-0.2, -0.15) is 0 Å². The number of hydrogen-bond acceptors (Lipinski definition) is 2. The minimum absolute atomic E-state index is 0.470. The molecule has 2 aliphatic rings. The van der Waals surface area contributed by atoms with Gasteiger partial charge in [-0.25, -0.2) is 0 Å². The first kappa shape index (κ1) is 6.35. The highest BCUT2D eigenvalue weighted by Gasteiger charge is 2.38. The fourth-order valence-electron chi connectivity index (χ4n) is 1.11. The summed E-state index contributed by atoms with van der Waals surface area (Å²) in [5, 5.41) is 0. The lowest BCUT2D eigenvalue weighted by Gasteiger charge is -1.93. The number of ether oxygens (including phenoxy) is 1. The molecule has 0 N–H and O–H groups in total. The summed E-state index contributed by atoms with van der Waals surface area (Å²) in [6.45, 7) is 2.88. The van der Waals surface area contributed by atoms with Gasteiger partial charge >= 0.3 is 0 Å². The van der Waals surface area contributed by atoms with Gasteiger partial charge in [-0.05, 0) is 19.8 Å². The van der Waals surface area contributed by atoms with Gasteiger partial charge in [0.05, 0.1) is 12.1 Å². The Morgan fingerprint density at radius 2 is 2.40 bits per heavy atom. The minimum atomic E-state index is 0.470. The first-order valence-electron chi connectivity index (χ1n) is 4.07. The smallest absolute Gasteiger partial charge is 0.0820 e. The molecule has 2 unspecified atom stereocenters. The number of aliphatic imine (C=N–C) groups is 1. The predicted molar refractivity (Wildman–Crippen MR) is 40.5 cm³/mol. The molecule has 2 aliphatic carbocycles. The van der Waals surface area contributed by atoms with Crippen molar-refractivity contribution in [2.45, 2.75) is 38.3 Å². The Morgan fingerprint density at radius 3 is 3.00 bits per heavy atom. The Labute approximate surface area is 61.3 Å². The van der Waals surface area contributed by atoms with Crippen molar-refractivity contribution in [1.82, 2.24) is 0 Å². The van der Waals surface area contributed by atoms with Crippen LogP contribution in [0, 0.1) is 0 Å². The van der Waals surface area contributed by atoms with Crippen LogP contribution in [-0.2, 0) is 4.74 Å². The first-order chi connectivity index (χ1) is 4.90. The van der Waals surface area contributed by atoms with Crippen molar-refractivity contribution in [3.05, 3.63) is 0 Å². The van der Waals surface area contributed by atoms with Crippen LogP contribution >= 0.6 is 0 Å². The highest BCUT2D eigenvalue weighted by atomic mass is 16.5. The number of nitrogens with zero attached hydrogens (tertiary/aromatic N) is 1. The van der Waals surface area contributed by atoms with E-state index in [9.17, 15) is 0 Å². The topological polar surface area (TPSA) is 21.6 Å². The van der Waals surface area contributed by atoms with Crippen LogP contribution in [0.2, 0.25) is 0 Å². The Balaban J connectivity index is 1.74. The largest absolute Gasteiger partial charge is 0.376 e. The maximum absolute atomic E-state index is 5.39. The van der Waals surface area contributed by atoms with Gasteiger partial charge in [0.1, 0.15) is 0 Å². The highest BCUT2D eigenvalue weighted by Crippen LogP contribution is 2.31. The van der Waals surface area contributed by atoms with Crippen LogP contribution in [0.3, 0.4) is 0 Å². The molecule has 0 saturated heterocycles. The molecule has 0 bridgehead atoms. The van der Waals surface area contributed by atoms with E-state index in [1.165, 1.54) is 18.6 Å². The summed E-state index contributed by atoms with van der Waals surface area (Å²) in [5.74, 6) is 0. The summed E-state index contributed by atoms with van der Waals surface area (Å²) < 4.78 is 5.39. The molecule has 2 fully saturated rings. The number of hydrogen-bond donors (Lipinski definition) is 0. The van der Waals surface area contributed by atoms with E-state index in [2.05, 4.69) is 4.99 Å². The van der Waals surface area contributed by atoms with Crippen LogP contribution in [0.5, 0.6) is 0 Å². The van der Waals surface area contributed by atoms with Crippen LogP contribution in [0.4, 0.5) is 0 Å². The highest BCUT2D eigenvalue weighted by molar-refractivity contribution is 5.98. The summed E-state index contributed by atoms with van der Waals surface area (Å²) in [7, 11) is 0. The zero-order valence-corrected chi connectivity index (χ0v) is 6.34. The monoisotopic (exact) mass is 139 g/mol. The second-order valence-corrected chi connectivity index (χ2v) is 2.99. The van der Waals surface area contributed by atoms with E-state index in [0.717, 1.165) is 13.0 Å². The second kappa shape index (κ2) is 2.35. The molecule has 0 radical (unpaired) electrons. The van der Waals surface area contributed by atoms with Gasteiger partial charge in [0.25, 0.3) is 0 Å². The SMILES string of the molecule is CCOC1CC1N=C1CC1. The predicted octanol–water partition coefficient (Wildman–Crippen LogP) is 1.40. The van der Waals surface area contributed by atoms with Crippen LogP contribution in [0.15, 0.2) is 4.99 Å². The van der Waals surface area contributed by atoms with E-state index < -0.39 is 0 Å². The molecule has 56 valence electrons. The van der Waals surface area contributed by atoms with E-state index in [-0.39, 0.29) is 0 Å². The van der Waals surface area contributed by atoms with Crippen LogP contribution < -0.4 is 0 Å². The molecule has 0 heterocycles. The maximum Gasteiger partial charge on any atom is 0.0820 e. The van der Waals surface area contributed by atoms with Crippen LogP contribution in [0.25, 0.3) is 0 Å². The quantitative estimate of drug-likeness (QED) is 0.579. The molecule has 0 amide bonds. The van der Waals surface area contributed by atoms with Crippen molar-refractivity contribution >= 4 is 5.71 Å². The zero-order valence-electron chi connectivity index (χ0n) is 6.34. The molecule has 0 aliphatic heterocycles. The fourth-order valence-corrected chi connectivity index (χ4v) is 1.11. The van der Waals surface area contributed by atoms with Gasteiger partial charge in [0, 0.05) is 18.7 Å². The van der Waals surface area contributed by atoms with Gasteiger partial charge in [0.2, 0.25) is 0 Å². The van der Waals surface area contributed by atoms with Gasteiger partial charge in [-0.15, -0.1) is 0 Å². The lowest BCUT2D eigenvalue weighted by atomic mass is 10.7. The molecule has 0 spiro atoms. The van der Waals surface area contributed by atoms with E-state index in [1.807, 2.05) is 6.92 Å². The van der Waals surface area contributed by atoms with Crippen molar-refractivity contribution in [1.29, 1.82) is 0 Å². The molecule has 0 aromatic heterocycles. The van der Waals surface area contributed by atoms with E-state index in [4.69, 9.17) is 4.74 Å². The average molecular weight is 139 g/mol. The zero-order chi connectivity index (χ0) is 6.97. The molecular weight excluding hydrogens is 126 g/mol. The van der Waals surface area contributed by atoms with Crippen molar-refractivity contribution in [3.63, 3.8) is 0 Å². The Bertz CT molecular complexity index is 159. The van der Waals surface area contributed by atoms with Crippen molar-refractivity contribution in [2.75, 3.05) is 6.61 Å².